The van der Waals surface area contributed by atoms with Crippen molar-refractivity contribution in [3.63, 3.8) is 0 Å². The van der Waals surface area contributed by atoms with Crippen molar-refractivity contribution in [1.29, 1.82) is 0 Å². The number of hydrazine groups is 1. The predicted molar refractivity (Wildman–Crippen MR) is 90.4 cm³/mol. The molecule has 1 fully saturated rings. The Labute approximate surface area is 148 Å². The molecule has 138 valence electrons. The molecule has 1 heterocycles. The second-order valence-electron chi connectivity index (χ2n) is 6.11. The maximum atomic E-state index is 12.4. The van der Waals surface area contributed by atoms with Crippen LogP contribution in [-0.2, 0) is 4.79 Å². The average Bonchev–Trinajstić information content (AvgIpc) is 3.04. The lowest BCUT2D eigenvalue weighted by atomic mass is 10.0. The summed E-state index contributed by atoms with van der Waals surface area (Å²) in [6, 6.07) is 12.6. The highest BCUT2D eigenvalue weighted by Gasteiger charge is 2.32. The van der Waals surface area contributed by atoms with Crippen LogP contribution in [0.25, 0.3) is 0 Å². The van der Waals surface area contributed by atoms with Crippen LogP contribution in [0.4, 0.5) is 18.9 Å². The summed E-state index contributed by atoms with van der Waals surface area (Å²) in [5.74, 6) is -0.721. The third-order valence-corrected chi connectivity index (χ3v) is 4.03. The van der Waals surface area contributed by atoms with E-state index in [0.29, 0.717) is 6.42 Å². The molecule has 8 heteroatoms. The van der Waals surface area contributed by atoms with Gasteiger partial charge in [0.15, 0.2) is 0 Å². The lowest BCUT2D eigenvalue weighted by Crippen LogP contribution is -2.39. The van der Waals surface area contributed by atoms with Crippen LogP contribution in [0.1, 0.15) is 23.6 Å². The van der Waals surface area contributed by atoms with Crippen molar-refractivity contribution in [3.05, 3.63) is 59.7 Å². The predicted octanol–water partition coefficient (Wildman–Crippen LogP) is 3.44. The quantitative estimate of drug-likeness (QED) is 0.777. The minimum atomic E-state index is -4.78. The molecule has 2 unspecified atom stereocenters. The van der Waals surface area contributed by atoms with Gasteiger partial charge in [-0.3, -0.25) is 4.79 Å². The van der Waals surface area contributed by atoms with Gasteiger partial charge in [0.25, 0.3) is 0 Å². The summed E-state index contributed by atoms with van der Waals surface area (Å²) >= 11 is 0. The molecule has 26 heavy (non-hydrogen) atoms. The molecule has 0 radical (unpaired) electrons. The topological polar surface area (TPSA) is 62.4 Å². The maximum Gasteiger partial charge on any atom is 0.573 e. The van der Waals surface area contributed by atoms with Gasteiger partial charge >= 0.3 is 6.36 Å². The molecule has 0 spiro atoms. The molecule has 1 aliphatic rings. The van der Waals surface area contributed by atoms with Crippen molar-refractivity contribution in [1.82, 2.24) is 10.9 Å². The number of halogens is 3. The zero-order valence-electron chi connectivity index (χ0n) is 13.9. The summed E-state index contributed by atoms with van der Waals surface area (Å²) in [4.78, 5) is 12.4. The highest BCUT2D eigenvalue weighted by Crippen LogP contribution is 2.26. The summed E-state index contributed by atoms with van der Waals surface area (Å²) in [6.07, 6.45) is -4.26. The van der Waals surface area contributed by atoms with Crippen LogP contribution >= 0.6 is 0 Å². The molecule has 0 aromatic heterocycles. The monoisotopic (exact) mass is 365 g/mol. The van der Waals surface area contributed by atoms with Gasteiger partial charge in [-0.1, -0.05) is 35.9 Å². The minimum absolute atomic E-state index is 0.0220. The van der Waals surface area contributed by atoms with Crippen LogP contribution in [0, 0.1) is 6.92 Å². The Kier molecular flexibility index (Phi) is 5.15. The number of hydrogen-bond acceptors (Lipinski definition) is 4. The highest BCUT2D eigenvalue weighted by molar-refractivity contribution is 5.95. The van der Waals surface area contributed by atoms with Crippen LogP contribution in [-0.4, -0.2) is 18.3 Å². The van der Waals surface area contributed by atoms with Crippen LogP contribution in [0.5, 0.6) is 5.75 Å². The van der Waals surface area contributed by atoms with E-state index in [4.69, 9.17) is 0 Å². The molecule has 3 rings (SSSR count). The van der Waals surface area contributed by atoms with Crippen molar-refractivity contribution in [2.24, 2.45) is 0 Å². The number of nitrogens with one attached hydrogen (secondary N) is 3. The Morgan fingerprint density at radius 1 is 1.15 bits per heavy atom. The standard InChI is InChI=1S/C18H18F3N3O2/c1-11-5-7-12(8-6-11)15-10-16(24-23-15)17(25)22-13-3-2-4-14(9-13)26-18(19,20)21/h2-9,15-16,23-24H,10H2,1H3,(H,22,25). The number of carbonyl (C=O) groups is 1. The first-order valence-electron chi connectivity index (χ1n) is 8.04. The highest BCUT2D eigenvalue weighted by atomic mass is 19.4. The largest absolute Gasteiger partial charge is 0.573 e. The van der Waals surface area contributed by atoms with Crippen LogP contribution in [0.2, 0.25) is 0 Å². The molecule has 0 bridgehead atoms. The molecule has 2 aromatic carbocycles. The lowest BCUT2D eigenvalue weighted by Gasteiger charge is -2.13. The molecular formula is C18H18F3N3O2. The Morgan fingerprint density at radius 2 is 1.88 bits per heavy atom. The van der Waals surface area contributed by atoms with Gasteiger partial charge in [-0.2, -0.15) is 0 Å². The fraction of sp³-hybridized carbons (Fsp3) is 0.278. The summed E-state index contributed by atoms with van der Waals surface area (Å²) < 4.78 is 40.7. The number of amides is 1. The van der Waals surface area contributed by atoms with Crippen molar-refractivity contribution >= 4 is 11.6 Å². The molecule has 0 aliphatic carbocycles. The Balaban J connectivity index is 1.60. The summed E-state index contributed by atoms with van der Waals surface area (Å²) in [5.41, 5.74) is 8.42. The van der Waals surface area contributed by atoms with Crippen molar-refractivity contribution in [2.75, 3.05) is 5.32 Å². The van der Waals surface area contributed by atoms with E-state index < -0.39 is 12.4 Å². The first-order chi connectivity index (χ1) is 12.3. The first kappa shape index (κ1) is 18.2. The number of anilines is 1. The van der Waals surface area contributed by atoms with Gasteiger partial charge < -0.3 is 10.1 Å². The van der Waals surface area contributed by atoms with Crippen LogP contribution in [0.15, 0.2) is 48.5 Å². The number of hydrogen-bond donors (Lipinski definition) is 3. The number of carbonyl (C=O) groups excluding carboxylic acids is 1. The van der Waals surface area contributed by atoms with E-state index in [1.54, 1.807) is 0 Å². The molecule has 5 nitrogen and oxygen atoms in total. The zero-order valence-corrected chi connectivity index (χ0v) is 13.9. The minimum Gasteiger partial charge on any atom is -0.406 e. The van der Waals surface area contributed by atoms with E-state index in [0.717, 1.165) is 17.2 Å². The van der Waals surface area contributed by atoms with Gasteiger partial charge in [0.1, 0.15) is 11.8 Å². The normalized spacial score (nSPS) is 20.0. The number of rotatable bonds is 4. The van der Waals surface area contributed by atoms with E-state index in [1.807, 2.05) is 31.2 Å². The van der Waals surface area contributed by atoms with Crippen LogP contribution in [0.3, 0.4) is 0 Å². The van der Waals surface area contributed by atoms with Crippen LogP contribution < -0.4 is 20.9 Å². The molecule has 1 aliphatic heterocycles. The SMILES string of the molecule is Cc1ccc(C2CC(C(=O)Nc3cccc(OC(F)(F)F)c3)NN2)cc1. The molecule has 1 amide bonds. The molecular weight excluding hydrogens is 347 g/mol. The number of alkyl halides is 3. The summed E-state index contributed by atoms with van der Waals surface area (Å²) in [7, 11) is 0. The first-order valence-corrected chi connectivity index (χ1v) is 8.04. The van der Waals surface area contributed by atoms with E-state index in [-0.39, 0.29) is 23.4 Å². The maximum absolute atomic E-state index is 12.4. The van der Waals surface area contributed by atoms with E-state index in [1.165, 1.54) is 18.2 Å². The van der Waals surface area contributed by atoms with Crippen molar-refractivity contribution in [3.8, 4) is 5.75 Å². The second-order valence-corrected chi connectivity index (χ2v) is 6.11. The number of aryl methyl sites for hydroxylation is 1. The van der Waals surface area contributed by atoms with Gasteiger partial charge in [0.2, 0.25) is 5.91 Å². The number of benzene rings is 2. The van der Waals surface area contributed by atoms with Gasteiger partial charge in [0.05, 0.1) is 0 Å². The van der Waals surface area contributed by atoms with E-state index in [9.17, 15) is 18.0 Å². The van der Waals surface area contributed by atoms with Crippen molar-refractivity contribution < 1.29 is 22.7 Å². The third kappa shape index (κ3) is 4.74. The lowest BCUT2D eigenvalue weighted by molar-refractivity contribution is -0.274. The number of ether oxygens (including phenoxy) is 1. The van der Waals surface area contributed by atoms with E-state index in [2.05, 4.69) is 20.9 Å². The van der Waals surface area contributed by atoms with Gasteiger partial charge in [0, 0.05) is 17.8 Å². The molecule has 1 saturated heterocycles. The third-order valence-electron chi connectivity index (χ3n) is 4.03. The van der Waals surface area contributed by atoms with E-state index >= 15 is 0 Å². The summed E-state index contributed by atoms with van der Waals surface area (Å²) in [5, 5.41) is 2.60. The molecule has 3 N–H and O–H groups in total. The van der Waals surface area contributed by atoms with Gasteiger partial charge in [-0.05, 0) is 31.0 Å². The average molecular weight is 365 g/mol. The van der Waals surface area contributed by atoms with Gasteiger partial charge in [-0.25, -0.2) is 10.9 Å². The fourth-order valence-corrected chi connectivity index (χ4v) is 2.75. The Hall–Kier alpha value is -2.58. The van der Waals surface area contributed by atoms with Crippen molar-refractivity contribution in [2.45, 2.75) is 31.8 Å². The molecule has 2 atom stereocenters. The zero-order chi connectivity index (χ0) is 18.7. The molecule has 2 aromatic rings. The molecule has 0 saturated carbocycles. The smallest absolute Gasteiger partial charge is 0.406 e. The fourth-order valence-electron chi connectivity index (χ4n) is 2.75. The van der Waals surface area contributed by atoms with Gasteiger partial charge in [-0.15, -0.1) is 13.2 Å². The second kappa shape index (κ2) is 7.35. The summed E-state index contributed by atoms with van der Waals surface area (Å²) in [6.45, 7) is 2.00. The Bertz CT molecular complexity index is 778. The Morgan fingerprint density at radius 3 is 2.58 bits per heavy atom.